The monoisotopic (exact) mass is 206 g/mol. The van der Waals surface area contributed by atoms with E-state index in [4.69, 9.17) is 4.74 Å². The summed E-state index contributed by atoms with van der Waals surface area (Å²) in [6, 6.07) is 7.74. The minimum atomic E-state index is 0.855. The number of ether oxygens (including phenoxy) is 1. The van der Waals surface area contributed by atoms with Crippen molar-refractivity contribution in [2.75, 3.05) is 12.4 Å². The molecular formula is C10H10N2OS. The van der Waals surface area contributed by atoms with Gasteiger partial charge in [0.1, 0.15) is 11.6 Å². The zero-order chi connectivity index (χ0) is 9.80. The fourth-order valence-corrected chi connectivity index (χ4v) is 1.58. The lowest BCUT2D eigenvalue weighted by molar-refractivity contribution is 0.415. The van der Waals surface area contributed by atoms with Crippen LogP contribution in [0.4, 0.5) is 11.5 Å². The SMILES string of the molecule is COc1ccc(Nc2cscn2)cc1. The van der Waals surface area contributed by atoms with Gasteiger partial charge < -0.3 is 10.1 Å². The summed E-state index contributed by atoms with van der Waals surface area (Å²) in [4.78, 5) is 4.13. The summed E-state index contributed by atoms with van der Waals surface area (Å²) in [5.41, 5.74) is 2.81. The second-order valence-corrected chi connectivity index (χ2v) is 3.45. The third kappa shape index (κ3) is 2.03. The Kier molecular flexibility index (Phi) is 2.65. The van der Waals surface area contributed by atoms with E-state index in [0.717, 1.165) is 17.3 Å². The summed E-state index contributed by atoms with van der Waals surface area (Å²) in [5, 5.41) is 5.14. The number of nitrogens with zero attached hydrogens (tertiary/aromatic N) is 1. The van der Waals surface area contributed by atoms with Crippen LogP contribution in [0, 0.1) is 0 Å². The highest BCUT2D eigenvalue weighted by Crippen LogP contribution is 2.19. The van der Waals surface area contributed by atoms with Crippen LogP contribution < -0.4 is 10.1 Å². The Labute approximate surface area is 86.4 Å². The largest absolute Gasteiger partial charge is 0.497 e. The minimum Gasteiger partial charge on any atom is -0.497 e. The molecule has 0 unspecified atom stereocenters. The Morgan fingerprint density at radius 1 is 1.29 bits per heavy atom. The molecule has 0 saturated heterocycles. The lowest BCUT2D eigenvalue weighted by Gasteiger charge is -2.03. The van der Waals surface area contributed by atoms with Gasteiger partial charge >= 0.3 is 0 Å². The minimum absolute atomic E-state index is 0.855. The number of hydrogen-bond acceptors (Lipinski definition) is 4. The van der Waals surface area contributed by atoms with E-state index in [1.807, 2.05) is 29.6 Å². The highest BCUT2D eigenvalue weighted by Gasteiger charge is 1.96. The first-order chi connectivity index (χ1) is 6.88. The Hall–Kier alpha value is -1.55. The van der Waals surface area contributed by atoms with Crippen molar-refractivity contribution >= 4 is 22.8 Å². The van der Waals surface area contributed by atoms with Gasteiger partial charge in [0, 0.05) is 11.1 Å². The smallest absolute Gasteiger partial charge is 0.141 e. The molecule has 0 bridgehead atoms. The number of nitrogens with one attached hydrogen (secondary N) is 1. The van der Waals surface area contributed by atoms with Gasteiger partial charge in [0.25, 0.3) is 0 Å². The van der Waals surface area contributed by atoms with Crippen molar-refractivity contribution < 1.29 is 4.74 Å². The number of rotatable bonds is 3. The summed E-state index contributed by atoms with van der Waals surface area (Å²) >= 11 is 1.57. The third-order valence-corrected chi connectivity index (χ3v) is 2.38. The first kappa shape index (κ1) is 9.02. The average Bonchev–Trinajstić information content (AvgIpc) is 2.72. The molecule has 0 amide bonds. The molecule has 1 aromatic carbocycles. The highest BCUT2D eigenvalue weighted by molar-refractivity contribution is 7.07. The number of methoxy groups -OCH3 is 1. The molecule has 0 aliphatic heterocycles. The van der Waals surface area contributed by atoms with Gasteiger partial charge in [-0.3, -0.25) is 0 Å². The molecule has 0 aliphatic carbocycles. The molecule has 1 heterocycles. The van der Waals surface area contributed by atoms with Crippen LogP contribution in [0.15, 0.2) is 35.2 Å². The number of thiazole rings is 1. The van der Waals surface area contributed by atoms with Gasteiger partial charge in [0.2, 0.25) is 0 Å². The van der Waals surface area contributed by atoms with E-state index >= 15 is 0 Å². The van der Waals surface area contributed by atoms with Crippen LogP contribution in [0.5, 0.6) is 5.75 Å². The number of hydrogen-bond donors (Lipinski definition) is 1. The topological polar surface area (TPSA) is 34.1 Å². The van der Waals surface area contributed by atoms with Crippen LogP contribution in [0.2, 0.25) is 0 Å². The fourth-order valence-electron chi connectivity index (χ4n) is 1.10. The van der Waals surface area contributed by atoms with Crippen molar-refractivity contribution in [1.82, 2.24) is 4.98 Å². The molecule has 1 N–H and O–H groups in total. The molecular weight excluding hydrogens is 196 g/mol. The normalized spacial score (nSPS) is 9.79. The molecule has 72 valence electrons. The molecule has 2 aromatic rings. The summed E-state index contributed by atoms with van der Waals surface area (Å²) in [6.45, 7) is 0. The summed E-state index contributed by atoms with van der Waals surface area (Å²) in [6.07, 6.45) is 0. The van der Waals surface area contributed by atoms with Crippen molar-refractivity contribution in [3.63, 3.8) is 0 Å². The molecule has 0 saturated carbocycles. The first-order valence-corrected chi connectivity index (χ1v) is 5.12. The Bertz CT molecular complexity index is 383. The number of anilines is 2. The van der Waals surface area contributed by atoms with Crippen molar-refractivity contribution in [2.45, 2.75) is 0 Å². The Morgan fingerprint density at radius 2 is 2.07 bits per heavy atom. The van der Waals surface area contributed by atoms with Gasteiger partial charge in [0.15, 0.2) is 0 Å². The zero-order valence-corrected chi connectivity index (χ0v) is 8.54. The molecule has 4 heteroatoms. The van der Waals surface area contributed by atoms with E-state index in [2.05, 4.69) is 10.3 Å². The van der Waals surface area contributed by atoms with Gasteiger partial charge in [0.05, 0.1) is 12.6 Å². The maximum Gasteiger partial charge on any atom is 0.141 e. The van der Waals surface area contributed by atoms with Crippen LogP contribution >= 0.6 is 11.3 Å². The van der Waals surface area contributed by atoms with E-state index in [1.165, 1.54) is 0 Å². The summed E-state index contributed by atoms with van der Waals surface area (Å²) < 4.78 is 5.06. The van der Waals surface area contributed by atoms with Gasteiger partial charge in [-0.05, 0) is 24.3 Å². The van der Waals surface area contributed by atoms with Crippen molar-refractivity contribution in [2.24, 2.45) is 0 Å². The molecule has 0 spiro atoms. The summed E-state index contributed by atoms with van der Waals surface area (Å²) in [5.74, 6) is 1.73. The first-order valence-electron chi connectivity index (χ1n) is 4.18. The predicted octanol–water partition coefficient (Wildman–Crippen LogP) is 2.90. The number of benzene rings is 1. The molecule has 0 fully saturated rings. The maximum absolute atomic E-state index is 5.06. The highest BCUT2D eigenvalue weighted by atomic mass is 32.1. The van der Waals surface area contributed by atoms with E-state index in [0.29, 0.717) is 0 Å². The van der Waals surface area contributed by atoms with E-state index in [9.17, 15) is 0 Å². The average molecular weight is 206 g/mol. The van der Waals surface area contributed by atoms with Gasteiger partial charge in [-0.15, -0.1) is 11.3 Å². The van der Waals surface area contributed by atoms with E-state index in [-0.39, 0.29) is 0 Å². The van der Waals surface area contributed by atoms with Crippen LogP contribution in [0.1, 0.15) is 0 Å². The quantitative estimate of drug-likeness (QED) is 0.838. The van der Waals surface area contributed by atoms with Gasteiger partial charge in [-0.2, -0.15) is 0 Å². The lowest BCUT2D eigenvalue weighted by atomic mass is 10.3. The van der Waals surface area contributed by atoms with Gasteiger partial charge in [-0.25, -0.2) is 4.98 Å². The summed E-state index contributed by atoms with van der Waals surface area (Å²) in [7, 11) is 1.66. The molecule has 0 atom stereocenters. The second kappa shape index (κ2) is 4.11. The van der Waals surface area contributed by atoms with Crippen LogP contribution in [0.25, 0.3) is 0 Å². The second-order valence-electron chi connectivity index (χ2n) is 2.73. The maximum atomic E-state index is 5.06. The predicted molar refractivity (Wildman–Crippen MR) is 58.4 cm³/mol. The standard InChI is InChI=1S/C10H10N2OS/c1-13-9-4-2-8(3-5-9)12-10-6-14-7-11-10/h2-7,12H,1H3. The van der Waals surface area contributed by atoms with Gasteiger partial charge in [-0.1, -0.05) is 0 Å². The van der Waals surface area contributed by atoms with E-state index < -0.39 is 0 Å². The molecule has 0 aliphatic rings. The van der Waals surface area contributed by atoms with E-state index in [1.54, 1.807) is 24.0 Å². The van der Waals surface area contributed by atoms with Crippen LogP contribution in [0.3, 0.4) is 0 Å². The zero-order valence-electron chi connectivity index (χ0n) is 7.73. The Morgan fingerprint density at radius 3 is 2.64 bits per heavy atom. The molecule has 14 heavy (non-hydrogen) atoms. The number of aromatic nitrogens is 1. The third-order valence-electron chi connectivity index (χ3n) is 1.79. The molecule has 1 aromatic heterocycles. The molecule has 2 rings (SSSR count). The lowest BCUT2D eigenvalue weighted by Crippen LogP contribution is -1.90. The van der Waals surface area contributed by atoms with Crippen molar-refractivity contribution in [1.29, 1.82) is 0 Å². The molecule has 3 nitrogen and oxygen atoms in total. The van der Waals surface area contributed by atoms with Crippen LogP contribution in [-0.2, 0) is 0 Å². The molecule has 0 radical (unpaired) electrons. The fraction of sp³-hybridized carbons (Fsp3) is 0.100. The van der Waals surface area contributed by atoms with Crippen molar-refractivity contribution in [3.05, 3.63) is 35.2 Å². The van der Waals surface area contributed by atoms with Crippen molar-refractivity contribution in [3.8, 4) is 5.75 Å². The Balaban J connectivity index is 2.10. The van der Waals surface area contributed by atoms with Crippen LogP contribution in [-0.4, -0.2) is 12.1 Å².